The molecule has 0 aromatic heterocycles. The molecule has 1 amide bonds. The molecule has 0 saturated heterocycles. The van der Waals surface area contributed by atoms with Gasteiger partial charge in [0.05, 0.1) is 5.69 Å². The lowest BCUT2D eigenvalue weighted by atomic mass is 10.1. The average Bonchev–Trinajstić information content (AvgIpc) is 2.58. The smallest absolute Gasteiger partial charge is 0.406 e. The lowest BCUT2D eigenvalue weighted by Crippen LogP contribution is -2.35. The molecule has 5 N–H and O–H groups in total. The van der Waals surface area contributed by atoms with Crippen LogP contribution in [0.15, 0.2) is 36.4 Å². The summed E-state index contributed by atoms with van der Waals surface area (Å²) in [5, 5.41) is 5.80. The van der Waals surface area contributed by atoms with E-state index in [-0.39, 0.29) is 11.2 Å². The molecule has 29 heavy (non-hydrogen) atoms. The van der Waals surface area contributed by atoms with Gasteiger partial charge in [-0.2, -0.15) is 0 Å². The second kappa shape index (κ2) is 8.71. The van der Waals surface area contributed by atoms with Gasteiger partial charge in [-0.05, 0) is 63.1 Å². The van der Waals surface area contributed by atoms with E-state index in [1.807, 2.05) is 27.7 Å². The summed E-state index contributed by atoms with van der Waals surface area (Å²) in [7, 11) is 0. The van der Waals surface area contributed by atoms with Gasteiger partial charge in [-0.15, -0.1) is 13.2 Å². The van der Waals surface area contributed by atoms with Crippen molar-refractivity contribution in [2.75, 3.05) is 10.7 Å². The molecule has 158 valence electrons. The van der Waals surface area contributed by atoms with Gasteiger partial charge < -0.3 is 20.8 Å². The summed E-state index contributed by atoms with van der Waals surface area (Å²) in [4.78, 5) is 12.6. The summed E-state index contributed by atoms with van der Waals surface area (Å²) < 4.78 is 42.1. The Morgan fingerprint density at radius 3 is 2.38 bits per heavy atom. The van der Waals surface area contributed by atoms with Crippen molar-refractivity contribution in [2.45, 2.75) is 46.1 Å². The van der Waals surface area contributed by atoms with E-state index in [2.05, 4.69) is 20.8 Å². The number of halogens is 3. The van der Waals surface area contributed by atoms with Crippen LogP contribution in [-0.4, -0.2) is 17.8 Å². The quantitative estimate of drug-likeness (QED) is 0.421. The van der Waals surface area contributed by atoms with E-state index < -0.39 is 18.0 Å². The van der Waals surface area contributed by atoms with Crippen LogP contribution in [0.1, 0.15) is 42.3 Å². The number of carbonyl (C=O) groups is 1. The Balaban J connectivity index is 2.29. The minimum Gasteiger partial charge on any atom is -0.406 e. The molecular weight excluding hydrogens is 385 g/mol. The van der Waals surface area contributed by atoms with Crippen LogP contribution in [0.4, 0.5) is 24.5 Å². The highest BCUT2D eigenvalue weighted by Gasteiger charge is 2.31. The monoisotopic (exact) mass is 410 g/mol. The van der Waals surface area contributed by atoms with E-state index in [9.17, 15) is 18.0 Å². The molecule has 0 aliphatic heterocycles. The first-order valence-electron chi connectivity index (χ1n) is 8.90. The van der Waals surface area contributed by atoms with Gasteiger partial charge >= 0.3 is 6.36 Å². The number of ether oxygens (including phenoxy) is 1. The van der Waals surface area contributed by atoms with Gasteiger partial charge in [0, 0.05) is 29.4 Å². The molecule has 0 heterocycles. The number of hydrazine groups is 1. The molecule has 0 unspecified atom stereocenters. The van der Waals surface area contributed by atoms with Crippen molar-refractivity contribution in [3.05, 3.63) is 53.1 Å². The first-order valence-corrected chi connectivity index (χ1v) is 8.90. The third-order valence-corrected chi connectivity index (χ3v) is 3.94. The fourth-order valence-corrected chi connectivity index (χ4v) is 2.52. The second-order valence-electron chi connectivity index (χ2n) is 7.65. The van der Waals surface area contributed by atoms with Crippen molar-refractivity contribution in [3.8, 4) is 5.75 Å². The number of anilines is 2. The first-order chi connectivity index (χ1) is 13.4. The Hall–Kier alpha value is -2.78. The van der Waals surface area contributed by atoms with Gasteiger partial charge in [0.1, 0.15) is 5.75 Å². The summed E-state index contributed by atoms with van der Waals surface area (Å²) in [5.74, 6) is 4.53. The van der Waals surface area contributed by atoms with Crippen molar-refractivity contribution >= 4 is 17.3 Å². The predicted octanol–water partition coefficient (Wildman–Crippen LogP) is 4.32. The number of hydrogen-bond donors (Lipinski definition) is 4. The normalized spacial score (nSPS) is 11.9. The molecule has 2 aromatic carbocycles. The molecule has 0 fully saturated rings. The molecular formula is C20H25F3N4O2. The zero-order valence-corrected chi connectivity index (χ0v) is 16.7. The number of rotatable bonds is 6. The Morgan fingerprint density at radius 1 is 1.10 bits per heavy atom. The summed E-state index contributed by atoms with van der Waals surface area (Å²) >= 11 is 0. The second-order valence-corrected chi connectivity index (χ2v) is 7.65. The standard InChI is InChI=1S/C20H25F3N4O2/c1-12-5-6-14(9-17(12)27-24)18(28)26-15-7-13(11-25-19(2,3)4)8-16(10-15)29-20(21,22)23/h5-10,25,27H,11,24H2,1-4H3,(H,26,28). The van der Waals surface area contributed by atoms with Crippen molar-refractivity contribution in [1.82, 2.24) is 5.32 Å². The maximum absolute atomic E-state index is 12.7. The molecule has 2 rings (SSSR count). The highest BCUT2D eigenvalue weighted by atomic mass is 19.4. The van der Waals surface area contributed by atoms with Crippen LogP contribution in [0.5, 0.6) is 5.75 Å². The minimum atomic E-state index is -4.84. The van der Waals surface area contributed by atoms with Gasteiger partial charge in [-0.25, -0.2) is 0 Å². The predicted molar refractivity (Wildman–Crippen MR) is 107 cm³/mol. The van der Waals surface area contributed by atoms with E-state index in [0.717, 1.165) is 11.6 Å². The van der Waals surface area contributed by atoms with Crippen LogP contribution in [0.25, 0.3) is 0 Å². The number of carbonyl (C=O) groups excluding carboxylic acids is 1. The topological polar surface area (TPSA) is 88.4 Å². The third kappa shape index (κ3) is 7.28. The number of nitrogens with two attached hydrogens (primary N) is 1. The lowest BCUT2D eigenvalue weighted by Gasteiger charge is -2.21. The maximum Gasteiger partial charge on any atom is 0.573 e. The van der Waals surface area contributed by atoms with Crippen LogP contribution >= 0.6 is 0 Å². The lowest BCUT2D eigenvalue weighted by molar-refractivity contribution is -0.274. The van der Waals surface area contributed by atoms with E-state index in [0.29, 0.717) is 23.4 Å². The van der Waals surface area contributed by atoms with E-state index in [1.54, 1.807) is 24.3 Å². The highest BCUT2D eigenvalue weighted by molar-refractivity contribution is 6.05. The average molecular weight is 410 g/mol. The van der Waals surface area contributed by atoms with Gasteiger partial charge in [0.25, 0.3) is 5.91 Å². The Morgan fingerprint density at radius 2 is 1.79 bits per heavy atom. The largest absolute Gasteiger partial charge is 0.573 e. The summed E-state index contributed by atoms with van der Waals surface area (Å²) in [6.45, 7) is 7.93. The summed E-state index contributed by atoms with van der Waals surface area (Å²) in [6, 6.07) is 8.88. The van der Waals surface area contributed by atoms with Gasteiger partial charge in [-0.3, -0.25) is 10.6 Å². The SMILES string of the molecule is Cc1ccc(C(=O)Nc2cc(CNC(C)(C)C)cc(OC(F)(F)F)c2)cc1NN. The van der Waals surface area contributed by atoms with Crippen LogP contribution in [0, 0.1) is 6.92 Å². The number of nitrogen functional groups attached to an aromatic ring is 1. The molecule has 0 radical (unpaired) electrons. The zero-order valence-electron chi connectivity index (χ0n) is 16.7. The van der Waals surface area contributed by atoms with Crippen molar-refractivity contribution in [1.29, 1.82) is 0 Å². The third-order valence-electron chi connectivity index (χ3n) is 3.94. The van der Waals surface area contributed by atoms with E-state index in [1.165, 1.54) is 6.07 Å². The highest BCUT2D eigenvalue weighted by Crippen LogP contribution is 2.28. The Bertz CT molecular complexity index is 877. The molecule has 0 spiro atoms. The Labute approximate surface area is 167 Å². The number of hydrogen-bond acceptors (Lipinski definition) is 5. The Kier molecular flexibility index (Phi) is 6.76. The molecule has 0 aliphatic carbocycles. The number of alkyl halides is 3. The van der Waals surface area contributed by atoms with Crippen molar-refractivity contribution in [2.24, 2.45) is 5.84 Å². The number of nitrogens with one attached hydrogen (secondary N) is 3. The van der Waals surface area contributed by atoms with Crippen molar-refractivity contribution in [3.63, 3.8) is 0 Å². The zero-order chi connectivity index (χ0) is 21.8. The number of amides is 1. The van der Waals surface area contributed by atoms with E-state index in [4.69, 9.17) is 5.84 Å². The fraction of sp³-hybridized carbons (Fsp3) is 0.350. The minimum absolute atomic E-state index is 0.185. The van der Waals surface area contributed by atoms with Crippen molar-refractivity contribution < 1.29 is 22.7 Å². The van der Waals surface area contributed by atoms with Crippen LogP contribution in [-0.2, 0) is 6.54 Å². The van der Waals surface area contributed by atoms with Gasteiger partial charge in [0.15, 0.2) is 0 Å². The number of benzene rings is 2. The van der Waals surface area contributed by atoms with Crippen LogP contribution < -0.4 is 26.6 Å². The molecule has 0 atom stereocenters. The molecule has 9 heteroatoms. The maximum atomic E-state index is 12.7. The summed E-state index contributed by atoms with van der Waals surface area (Å²) in [6.07, 6.45) is -4.84. The van der Waals surface area contributed by atoms with Gasteiger partial charge in [0.2, 0.25) is 0 Å². The first kappa shape index (κ1) is 22.5. The van der Waals surface area contributed by atoms with Crippen LogP contribution in [0.3, 0.4) is 0 Å². The molecule has 2 aromatic rings. The van der Waals surface area contributed by atoms with E-state index >= 15 is 0 Å². The van der Waals surface area contributed by atoms with Crippen LogP contribution in [0.2, 0.25) is 0 Å². The molecule has 0 bridgehead atoms. The fourth-order valence-electron chi connectivity index (χ4n) is 2.52. The summed E-state index contributed by atoms with van der Waals surface area (Å²) in [5.41, 5.74) is 4.70. The molecule has 6 nitrogen and oxygen atoms in total. The van der Waals surface area contributed by atoms with Gasteiger partial charge in [-0.1, -0.05) is 6.07 Å². The molecule has 0 aliphatic rings. The molecule has 0 saturated carbocycles. The number of aryl methyl sites for hydroxylation is 1.